The van der Waals surface area contributed by atoms with Gasteiger partial charge in [0.05, 0.1) is 0 Å². The van der Waals surface area contributed by atoms with Gasteiger partial charge in [-0.2, -0.15) is 0 Å². The fourth-order valence-corrected chi connectivity index (χ4v) is 2.27. The summed E-state index contributed by atoms with van der Waals surface area (Å²) in [6.45, 7) is 12.1. The molecule has 0 saturated carbocycles. The summed E-state index contributed by atoms with van der Waals surface area (Å²) in [4.78, 5) is 26.0. The summed E-state index contributed by atoms with van der Waals surface area (Å²) in [7, 11) is 0. The van der Waals surface area contributed by atoms with Gasteiger partial charge < -0.3 is 10.2 Å². The number of likely N-dealkylation sites (tertiary alicyclic amines) is 1. The van der Waals surface area contributed by atoms with Crippen molar-refractivity contribution in [3.8, 4) is 0 Å². The first kappa shape index (κ1) is 16.0. The van der Waals surface area contributed by atoms with Crippen molar-refractivity contribution in [2.24, 2.45) is 17.3 Å². The van der Waals surface area contributed by atoms with E-state index in [0.717, 1.165) is 19.4 Å². The number of hydrogen-bond donors (Lipinski definition) is 1. The average molecular weight is 268 g/mol. The molecule has 4 heteroatoms. The number of carbonyl (C=O) groups excluding carboxylic acids is 2. The van der Waals surface area contributed by atoms with Crippen LogP contribution in [0.15, 0.2) is 0 Å². The third kappa shape index (κ3) is 4.84. The van der Waals surface area contributed by atoms with Gasteiger partial charge in [-0.3, -0.25) is 9.59 Å². The van der Waals surface area contributed by atoms with Gasteiger partial charge in [-0.1, -0.05) is 34.6 Å². The van der Waals surface area contributed by atoms with E-state index in [9.17, 15) is 9.59 Å². The van der Waals surface area contributed by atoms with E-state index in [0.29, 0.717) is 19.0 Å². The lowest BCUT2D eigenvalue weighted by Crippen LogP contribution is -2.46. The highest BCUT2D eigenvalue weighted by Gasteiger charge is 2.32. The molecule has 1 aliphatic rings. The van der Waals surface area contributed by atoms with E-state index in [1.807, 2.05) is 25.7 Å². The number of piperidine rings is 1. The molecule has 0 radical (unpaired) electrons. The standard InChI is InChI=1S/C15H28N2O2/c1-11(2)10-16-13(18)12-6-8-17(9-7-12)14(19)15(3,4)5/h11-12H,6-10H2,1-5H3,(H,16,18). The molecule has 0 aromatic heterocycles. The molecule has 2 amide bonds. The molecule has 0 unspecified atom stereocenters. The van der Waals surface area contributed by atoms with Gasteiger partial charge in [0.1, 0.15) is 0 Å². The number of nitrogens with zero attached hydrogens (tertiary/aromatic N) is 1. The Bertz CT molecular complexity index is 324. The second kappa shape index (κ2) is 6.40. The number of carbonyl (C=O) groups is 2. The first-order valence-electron chi connectivity index (χ1n) is 7.29. The maximum Gasteiger partial charge on any atom is 0.227 e. The fourth-order valence-electron chi connectivity index (χ4n) is 2.27. The lowest BCUT2D eigenvalue weighted by molar-refractivity contribution is -0.142. The van der Waals surface area contributed by atoms with Crippen molar-refractivity contribution in [1.29, 1.82) is 0 Å². The van der Waals surface area contributed by atoms with Crippen LogP contribution in [-0.2, 0) is 9.59 Å². The third-order valence-electron chi connectivity index (χ3n) is 3.48. The largest absolute Gasteiger partial charge is 0.356 e. The van der Waals surface area contributed by atoms with Crippen LogP contribution in [0.5, 0.6) is 0 Å². The van der Waals surface area contributed by atoms with Gasteiger partial charge in [0, 0.05) is 31.0 Å². The van der Waals surface area contributed by atoms with Crippen LogP contribution in [0.2, 0.25) is 0 Å². The van der Waals surface area contributed by atoms with Crippen LogP contribution in [-0.4, -0.2) is 36.3 Å². The van der Waals surface area contributed by atoms with E-state index in [1.54, 1.807) is 0 Å². The molecular weight excluding hydrogens is 240 g/mol. The Morgan fingerprint density at radius 2 is 1.74 bits per heavy atom. The summed E-state index contributed by atoms with van der Waals surface area (Å²) in [5.41, 5.74) is -0.327. The summed E-state index contributed by atoms with van der Waals surface area (Å²) in [6, 6.07) is 0. The third-order valence-corrected chi connectivity index (χ3v) is 3.48. The topological polar surface area (TPSA) is 49.4 Å². The summed E-state index contributed by atoms with van der Waals surface area (Å²) < 4.78 is 0. The van der Waals surface area contributed by atoms with Crippen LogP contribution in [0.3, 0.4) is 0 Å². The molecular formula is C15H28N2O2. The maximum atomic E-state index is 12.1. The number of nitrogens with one attached hydrogen (secondary N) is 1. The van der Waals surface area contributed by atoms with Crippen LogP contribution in [0.1, 0.15) is 47.5 Å². The summed E-state index contributed by atoms with van der Waals surface area (Å²) in [5.74, 6) is 0.888. The first-order chi connectivity index (χ1) is 8.71. The fraction of sp³-hybridized carbons (Fsp3) is 0.867. The minimum atomic E-state index is -0.327. The van der Waals surface area contributed by atoms with Crippen molar-refractivity contribution in [3.05, 3.63) is 0 Å². The van der Waals surface area contributed by atoms with Gasteiger partial charge in [-0.15, -0.1) is 0 Å². The van der Waals surface area contributed by atoms with Crippen LogP contribution in [0.4, 0.5) is 0 Å². The second-order valence-electron chi connectivity index (χ2n) is 6.96. The molecule has 1 rings (SSSR count). The molecule has 1 heterocycles. The highest BCUT2D eigenvalue weighted by molar-refractivity contribution is 5.82. The molecule has 0 atom stereocenters. The Labute approximate surface area is 116 Å². The highest BCUT2D eigenvalue weighted by atomic mass is 16.2. The zero-order valence-corrected chi connectivity index (χ0v) is 13.0. The molecule has 1 aliphatic heterocycles. The maximum absolute atomic E-state index is 12.1. The summed E-state index contributed by atoms with van der Waals surface area (Å²) >= 11 is 0. The van der Waals surface area contributed by atoms with Gasteiger partial charge in [-0.05, 0) is 18.8 Å². The van der Waals surface area contributed by atoms with E-state index in [4.69, 9.17) is 0 Å². The summed E-state index contributed by atoms with van der Waals surface area (Å²) in [6.07, 6.45) is 1.57. The van der Waals surface area contributed by atoms with Crippen molar-refractivity contribution in [2.75, 3.05) is 19.6 Å². The van der Waals surface area contributed by atoms with Gasteiger partial charge in [-0.25, -0.2) is 0 Å². The second-order valence-corrected chi connectivity index (χ2v) is 6.96. The number of hydrogen-bond acceptors (Lipinski definition) is 2. The molecule has 1 N–H and O–H groups in total. The Morgan fingerprint density at radius 1 is 1.21 bits per heavy atom. The lowest BCUT2D eigenvalue weighted by Gasteiger charge is -2.35. The molecule has 19 heavy (non-hydrogen) atoms. The molecule has 0 spiro atoms. The number of amides is 2. The lowest BCUT2D eigenvalue weighted by atomic mass is 9.90. The van der Waals surface area contributed by atoms with Gasteiger partial charge >= 0.3 is 0 Å². The molecule has 110 valence electrons. The molecule has 0 aliphatic carbocycles. The summed E-state index contributed by atoms with van der Waals surface area (Å²) in [5, 5.41) is 2.98. The Balaban J connectivity index is 2.41. The van der Waals surface area contributed by atoms with Gasteiger partial charge in [0.15, 0.2) is 0 Å². The van der Waals surface area contributed by atoms with E-state index < -0.39 is 0 Å². The van der Waals surface area contributed by atoms with Gasteiger partial charge in [0.25, 0.3) is 0 Å². The van der Waals surface area contributed by atoms with E-state index >= 15 is 0 Å². The molecule has 1 fully saturated rings. The van der Waals surface area contributed by atoms with Crippen LogP contribution < -0.4 is 5.32 Å². The zero-order chi connectivity index (χ0) is 14.6. The molecule has 0 aromatic rings. The van der Waals surface area contributed by atoms with Crippen molar-refractivity contribution in [1.82, 2.24) is 10.2 Å². The van der Waals surface area contributed by atoms with E-state index in [1.165, 1.54) is 0 Å². The molecule has 4 nitrogen and oxygen atoms in total. The van der Waals surface area contributed by atoms with E-state index in [-0.39, 0.29) is 23.1 Å². The number of rotatable bonds is 3. The minimum absolute atomic E-state index is 0.0720. The minimum Gasteiger partial charge on any atom is -0.356 e. The predicted octanol–water partition coefficient (Wildman–Crippen LogP) is 2.04. The molecule has 0 bridgehead atoms. The predicted molar refractivity (Wildman–Crippen MR) is 76.6 cm³/mol. The Kier molecular flexibility index (Phi) is 5.39. The normalized spacial score (nSPS) is 17.7. The monoisotopic (exact) mass is 268 g/mol. The smallest absolute Gasteiger partial charge is 0.227 e. The van der Waals surface area contributed by atoms with Crippen LogP contribution >= 0.6 is 0 Å². The first-order valence-corrected chi connectivity index (χ1v) is 7.29. The highest BCUT2D eigenvalue weighted by Crippen LogP contribution is 2.23. The average Bonchev–Trinajstić information content (AvgIpc) is 2.34. The Hall–Kier alpha value is -1.06. The molecule has 1 saturated heterocycles. The SMILES string of the molecule is CC(C)CNC(=O)C1CCN(C(=O)C(C)(C)C)CC1. The van der Waals surface area contributed by atoms with Crippen molar-refractivity contribution in [2.45, 2.75) is 47.5 Å². The molecule has 0 aromatic carbocycles. The Morgan fingerprint density at radius 3 is 2.16 bits per heavy atom. The zero-order valence-electron chi connectivity index (χ0n) is 13.0. The van der Waals surface area contributed by atoms with Crippen molar-refractivity contribution < 1.29 is 9.59 Å². The van der Waals surface area contributed by atoms with Crippen molar-refractivity contribution >= 4 is 11.8 Å². The van der Waals surface area contributed by atoms with Crippen molar-refractivity contribution in [3.63, 3.8) is 0 Å². The van der Waals surface area contributed by atoms with Crippen LogP contribution in [0, 0.1) is 17.3 Å². The van der Waals surface area contributed by atoms with E-state index in [2.05, 4.69) is 19.2 Å². The quantitative estimate of drug-likeness (QED) is 0.851. The van der Waals surface area contributed by atoms with Gasteiger partial charge in [0.2, 0.25) is 11.8 Å². The van der Waals surface area contributed by atoms with Crippen LogP contribution in [0.25, 0.3) is 0 Å².